The number of aliphatic hydroxyl groups is 5. The predicted molar refractivity (Wildman–Crippen MR) is 258 cm³/mol. The summed E-state index contributed by atoms with van der Waals surface area (Å²) in [7, 11) is -5.03. The lowest BCUT2D eigenvalue weighted by Gasteiger charge is -2.41. The van der Waals surface area contributed by atoms with Crippen LogP contribution < -0.4 is 0 Å². The topological polar surface area (TPSA) is 192 Å². The normalized spacial score (nSPS) is 22.3. The third-order valence-electron chi connectivity index (χ3n) is 11.1. The van der Waals surface area contributed by atoms with Crippen molar-refractivity contribution >= 4 is 13.8 Å². The van der Waals surface area contributed by atoms with E-state index in [-0.39, 0.29) is 13.0 Å². The van der Waals surface area contributed by atoms with Crippen LogP contribution in [0.1, 0.15) is 181 Å². The molecule has 13 heteroatoms. The summed E-state index contributed by atoms with van der Waals surface area (Å²) in [6.07, 6.45) is 41.1. The van der Waals surface area contributed by atoms with E-state index in [0.29, 0.717) is 13.0 Å². The Hall–Kier alpha value is -2.22. The third kappa shape index (κ3) is 32.5. The molecule has 0 amide bonds. The molecule has 0 aromatic carbocycles. The molecule has 0 bridgehead atoms. The highest BCUT2D eigenvalue weighted by molar-refractivity contribution is 7.47. The fourth-order valence-corrected chi connectivity index (χ4v) is 8.11. The number of hydrogen-bond donors (Lipinski definition) is 6. The summed E-state index contributed by atoms with van der Waals surface area (Å²) >= 11 is 0. The number of unbranched alkanes of at least 4 members (excludes halogenated alkanes) is 17. The van der Waals surface area contributed by atoms with Gasteiger partial charge in [0.15, 0.2) is 0 Å². The number of phosphoric ester groups is 1. The van der Waals surface area contributed by atoms with E-state index < -0.39 is 63.1 Å². The Morgan fingerprint density at radius 3 is 1.42 bits per heavy atom. The van der Waals surface area contributed by atoms with Crippen molar-refractivity contribution in [2.45, 2.75) is 224 Å². The Kier molecular flexibility index (Phi) is 38.3. The van der Waals surface area contributed by atoms with Gasteiger partial charge < -0.3 is 39.9 Å². The van der Waals surface area contributed by atoms with Crippen molar-refractivity contribution in [1.82, 2.24) is 0 Å². The van der Waals surface area contributed by atoms with Crippen LogP contribution in [0.2, 0.25) is 0 Å². The van der Waals surface area contributed by atoms with E-state index >= 15 is 0 Å². The van der Waals surface area contributed by atoms with Crippen molar-refractivity contribution in [2.75, 3.05) is 19.8 Å². The lowest BCUT2D eigenvalue weighted by Crippen LogP contribution is -2.64. The van der Waals surface area contributed by atoms with Gasteiger partial charge in [-0.25, -0.2) is 4.57 Å². The number of hydrogen-bond acceptors (Lipinski definition) is 11. The highest BCUT2D eigenvalue weighted by Gasteiger charge is 2.51. The minimum Gasteiger partial charge on any atom is -0.457 e. The number of esters is 1. The van der Waals surface area contributed by atoms with Crippen molar-refractivity contribution in [3.8, 4) is 0 Å². The number of ether oxygens (including phenoxy) is 2. The lowest BCUT2D eigenvalue weighted by molar-refractivity contribution is -0.220. The second kappa shape index (κ2) is 41.0. The quantitative estimate of drug-likeness (QED) is 0.0147. The van der Waals surface area contributed by atoms with Crippen molar-refractivity contribution in [2.24, 2.45) is 0 Å². The van der Waals surface area contributed by atoms with E-state index in [1.54, 1.807) is 0 Å². The number of rotatable bonds is 41. The summed E-state index contributed by atoms with van der Waals surface area (Å²) in [5.74, 6) is -0.492. The summed E-state index contributed by atoms with van der Waals surface area (Å²) < 4.78 is 34.2. The molecule has 1 aliphatic rings. The van der Waals surface area contributed by atoms with Crippen LogP contribution in [-0.2, 0) is 27.9 Å². The van der Waals surface area contributed by atoms with E-state index in [1.807, 2.05) is 0 Å². The first-order valence-electron chi connectivity index (χ1n) is 24.8. The van der Waals surface area contributed by atoms with Gasteiger partial charge in [-0.3, -0.25) is 13.8 Å². The Morgan fingerprint density at radius 1 is 0.516 bits per heavy atom. The minimum absolute atomic E-state index is 0.0892. The van der Waals surface area contributed by atoms with Crippen molar-refractivity contribution < 1.29 is 58.3 Å². The summed E-state index contributed by atoms with van der Waals surface area (Å²) in [5.41, 5.74) is 0. The first-order valence-corrected chi connectivity index (χ1v) is 26.3. The fraction of sp³-hybridized carbons (Fsp3) is 0.745. The molecular formula is C51H89O12P. The van der Waals surface area contributed by atoms with Crippen molar-refractivity contribution in [1.29, 1.82) is 0 Å². The van der Waals surface area contributed by atoms with E-state index in [0.717, 1.165) is 103 Å². The molecule has 1 fully saturated rings. The second-order valence-corrected chi connectivity index (χ2v) is 18.3. The molecule has 64 heavy (non-hydrogen) atoms. The molecule has 0 saturated heterocycles. The smallest absolute Gasteiger partial charge is 0.457 e. The molecule has 1 saturated carbocycles. The molecule has 6 unspecified atom stereocenters. The molecule has 0 heterocycles. The zero-order valence-corrected chi connectivity index (χ0v) is 40.5. The van der Waals surface area contributed by atoms with Crippen LogP contribution >= 0.6 is 7.82 Å². The van der Waals surface area contributed by atoms with Gasteiger partial charge in [0.25, 0.3) is 0 Å². The molecular weight excluding hydrogens is 836 g/mol. The molecule has 0 aromatic rings. The van der Waals surface area contributed by atoms with Gasteiger partial charge in [0, 0.05) is 13.0 Å². The molecule has 0 aliphatic heterocycles. The molecule has 12 nitrogen and oxygen atoms in total. The van der Waals surface area contributed by atoms with Gasteiger partial charge in [-0.05, 0) is 83.5 Å². The highest BCUT2D eigenvalue weighted by Crippen LogP contribution is 2.47. The zero-order valence-electron chi connectivity index (χ0n) is 39.6. The Labute approximate surface area is 387 Å². The Balaban J connectivity index is 2.34. The van der Waals surface area contributed by atoms with E-state index in [4.69, 9.17) is 18.5 Å². The summed E-state index contributed by atoms with van der Waals surface area (Å²) in [6, 6.07) is 0. The number of aliphatic hydroxyl groups excluding tert-OH is 5. The highest BCUT2D eigenvalue weighted by atomic mass is 31.2. The largest absolute Gasteiger partial charge is 0.472 e. The number of carbonyl (C=O) groups is 1. The van der Waals surface area contributed by atoms with Crippen molar-refractivity contribution in [3.05, 3.63) is 72.9 Å². The summed E-state index contributed by atoms with van der Waals surface area (Å²) in [5, 5.41) is 50.2. The van der Waals surface area contributed by atoms with E-state index in [2.05, 4.69) is 86.8 Å². The van der Waals surface area contributed by atoms with Crippen molar-refractivity contribution in [3.63, 3.8) is 0 Å². The van der Waals surface area contributed by atoms with E-state index in [1.165, 1.54) is 51.4 Å². The van der Waals surface area contributed by atoms with Gasteiger partial charge >= 0.3 is 13.8 Å². The molecule has 6 atom stereocenters. The Bertz CT molecular complexity index is 1330. The lowest BCUT2D eigenvalue weighted by atomic mass is 9.85. The average Bonchev–Trinajstić information content (AvgIpc) is 3.28. The maximum Gasteiger partial charge on any atom is 0.472 e. The average molecular weight is 925 g/mol. The number of carbonyl (C=O) groups excluding carboxylic acids is 1. The Morgan fingerprint density at radius 2 is 0.922 bits per heavy atom. The van der Waals surface area contributed by atoms with Gasteiger partial charge in [-0.2, -0.15) is 0 Å². The zero-order chi connectivity index (χ0) is 46.9. The third-order valence-corrected chi connectivity index (χ3v) is 12.0. The SMILES string of the molecule is CC/C=C\C/C=C\C/C=C\C/C=C\C/C=C\CCCCCCCCCCOCC(COP(=O)(O)OC1C(O)C(O)C(O)C(O)C1O)OC(=O)CCCCCCC/C=C\CCCCCC. The van der Waals surface area contributed by atoms with Crippen LogP contribution in [0.3, 0.4) is 0 Å². The summed E-state index contributed by atoms with van der Waals surface area (Å²) in [6.45, 7) is 4.09. The predicted octanol–water partition coefficient (Wildman–Crippen LogP) is 10.8. The molecule has 0 aromatic heterocycles. The number of phosphoric acid groups is 1. The fourth-order valence-electron chi connectivity index (χ4n) is 7.14. The first-order chi connectivity index (χ1) is 31.0. The van der Waals surface area contributed by atoms with E-state index in [9.17, 15) is 39.8 Å². The van der Waals surface area contributed by atoms with Gasteiger partial charge in [0.2, 0.25) is 0 Å². The van der Waals surface area contributed by atoms with Gasteiger partial charge in [-0.15, -0.1) is 0 Å². The molecule has 1 rings (SSSR count). The van der Waals surface area contributed by atoms with Crippen LogP contribution in [0.4, 0.5) is 0 Å². The van der Waals surface area contributed by atoms with Crippen LogP contribution in [0, 0.1) is 0 Å². The minimum atomic E-state index is -5.03. The molecule has 6 N–H and O–H groups in total. The maximum atomic E-state index is 12.8. The molecule has 0 radical (unpaired) electrons. The molecule has 1 aliphatic carbocycles. The van der Waals surface area contributed by atoms with Gasteiger partial charge in [0.05, 0.1) is 13.2 Å². The van der Waals surface area contributed by atoms with Crippen LogP contribution in [0.5, 0.6) is 0 Å². The molecule has 0 spiro atoms. The van der Waals surface area contributed by atoms with Gasteiger partial charge in [0.1, 0.15) is 42.7 Å². The van der Waals surface area contributed by atoms with Gasteiger partial charge in [-0.1, -0.05) is 164 Å². The van der Waals surface area contributed by atoms with Crippen LogP contribution in [-0.4, -0.2) is 98.9 Å². The monoisotopic (exact) mass is 925 g/mol. The first kappa shape index (κ1) is 59.8. The molecule has 370 valence electrons. The number of allylic oxidation sites excluding steroid dienone is 12. The maximum absolute atomic E-state index is 12.8. The second-order valence-electron chi connectivity index (χ2n) is 16.9. The summed E-state index contributed by atoms with van der Waals surface area (Å²) in [4.78, 5) is 23.2. The van der Waals surface area contributed by atoms with Crippen LogP contribution in [0.15, 0.2) is 72.9 Å². The van der Waals surface area contributed by atoms with Crippen LogP contribution in [0.25, 0.3) is 0 Å². The standard InChI is InChI=1S/C51H89O12P/c1-3-5-7-9-11-13-15-17-18-19-20-21-22-23-24-25-26-27-29-31-33-35-37-39-41-60-42-44(43-61-64(58,59)63-51-49(56)47(54)46(53)48(55)50(51)57)62-45(52)40-38-36-34-32-30-28-16-14-12-10-8-6-4-2/h5,7,11,13-14,16-18,20-21,23-24,44,46-51,53-57H,3-4,6,8-10,12,15,19,22,25-43H2,1-2H3,(H,58,59)/b7-5-,13-11-,16-14-,18-17-,21-20-,24-23-.